The lowest BCUT2D eigenvalue weighted by atomic mass is 9.92. The van der Waals surface area contributed by atoms with E-state index in [9.17, 15) is 4.79 Å². The van der Waals surface area contributed by atoms with E-state index >= 15 is 0 Å². The summed E-state index contributed by atoms with van der Waals surface area (Å²) in [5.74, 6) is 1.05. The number of hydrogen-bond acceptors (Lipinski definition) is 4. The molecule has 2 rings (SSSR count). The van der Waals surface area contributed by atoms with Gasteiger partial charge in [0.25, 0.3) is 0 Å². The van der Waals surface area contributed by atoms with Gasteiger partial charge in [-0.1, -0.05) is 111 Å². The fraction of sp³-hybridized carbons (Fsp3) is 0.704. The number of aryl methyl sites for hydroxylation is 1. The molecule has 0 aliphatic heterocycles. The minimum absolute atomic E-state index is 0.0940. The van der Waals surface area contributed by atoms with Crippen LogP contribution in [0.1, 0.15) is 128 Å². The Kier molecular flexibility index (Phi) is 12.1. The van der Waals surface area contributed by atoms with Crippen LogP contribution in [0.15, 0.2) is 18.2 Å². The molecule has 1 aromatic carbocycles. The Morgan fingerprint density at radius 2 is 1.42 bits per heavy atom. The average molecular weight is 456 g/mol. The Bertz CT molecular complexity index is 801. The van der Waals surface area contributed by atoms with Crippen LogP contribution in [0.4, 0.5) is 5.69 Å². The van der Waals surface area contributed by atoms with Crippen molar-refractivity contribution in [2.75, 3.05) is 5.32 Å². The van der Waals surface area contributed by atoms with Crippen LogP contribution in [0.3, 0.4) is 0 Å². The SMILES string of the molecule is CCCCCCCCCCCCn1nnc(CC(=O)Nc2c(C(C)C)cccc2C(C)C)n1. The van der Waals surface area contributed by atoms with Crippen LogP contribution in [0.5, 0.6) is 0 Å². The zero-order valence-corrected chi connectivity index (χ0v) is 21.6. The van der Waals surface area contributed by atoms with E-state index in [0.717, 1.165) is 29.8 Å². The summed E-state index contributed by atoms with van der Waals surface area (Å²) < 4.78 is 0. The molecule has 2 aromatic rings. The molecule has 0 aliphatic rings. The minimum atomic E-state index is -0.0940. The average Bonchev–Trinajstić information content (AvgIpc) is 3.21. The molecule has 6 heteroatoms. The lowest BCUT2D eigenvalue weighted by Crippen LogP contribution is -2.18. The standard InChI is InChI=1S/C27H45N5O/c1-6-7-8-9-10-11-12-13-14-15-19-32-30-25(29-31-32)20-26(33)28-27-23(21(2)3)17-16-18-24(27)22(4)5/h16-18,21-22H,6-15,19-20H2,1-5H3,(H,28,33). The maximum atomic E-state index is 12.8. The number of hydrogen-bond donors (Lipinski definition) is 1. The molecule has 0 aliphatic carbocycles. The molecule has 1 amide bonds. The van der Waals surface area contributed by atoms with Crippen LogP contribution < -0.4 is 5.32 Å². The van der Waals surface area contributed by atoms with E-state index in [0.29, 0.717) is 17.7 Å². The van der Waals surface area contributed by atoms with Crippen molar-refractivity contribution in [2.45, 2.75) is 124 Å². The number of carbonyl (C=O) groups excluding carboxylic acids is 1. The second kappa shape index (κ2) is 14.8. The molecule has 184 valence electrons. The molecule has 1 N–H and O–H groups in total. The highest BCUT2D eigenvalue weighted by molar-refractivity contribution is 5.93. The van der Waals surface area contributed by atoms with E-state index < -0.39 is 0 Å². The number of benzene rings is 1. The zero-order chi connectivity index (χ0) is 24.1. The summed E-state index contributed by atoms with van der Waals surface area (Å²) in [4.78, 5) is 14.4. The van der Waals surface area contributed by atoms with Gasteiger partial charge in [-0.05, 0) is 34.6 Å². The Morgan fingerprint density at radius 1 is 0.879 bits per heavy atom. The first-order chi connectivity index (χ1) is 15.9. The second-order valence-electron chi connectivity index (χ2n) is 9.83. The number of para-hydroxylation sites is 1. The van der Waals surface area contributed by atoms with Crippen molar-refractivity contribution < 1.29 is 4.79 Å². The van der Waals surface area contributed by atoms with Gasteiger partial charge in [-0.25, -0.2) is 0 Å². The summed E-state index contributed by atoms with van der Waals surface area (Å²) in [6.45, 7) is 11.6. The normalized spacial score (nSPS) is 11.5. The van der Waals surface area contributed by atoms with Crippen LogP contribution in [0, 0.1) is 0 Å². The van der Waals surface area contributed by atoms with E-state index in [4.69, 9.17) is 0 Å². The van der Waals surface area contributed by atoms with E-state index in [1.165, 1.54) is 57.8 Å². The molecule has 1 heterocycles. The summed E-state index contributed by atoms with van der Waals surface area (Å²) in [7, 11) is 0. The monoisotopic (exact) mass is 455 g/mol. The maximum absolute atomic E-state index is 12.8. The molecule has 0 spiro atoms. The van der Waals surface area contributed by atoms with Gasteiger partial charge in [-0.2, -0.15) is 4.80 Å². The number of anilines is 1. The van der Waals surface area contributed by atoms with Gasteiger partial charge in [0.2, 0.25) is 5.91 Å². The molecule has 0 unspecified atom stereocenters. The van der Waals surface area contributed by atoms with Gasteiger partial charge in [0.05, 0.1) is 13.0 Å². The predicted molar refractivity (Wildman–Crippen MR) is 137 cm³/mol. The number of aromatic nitrogens is 4. The number of tetrazole rings is 1. The molecule has 0 saturated carbocycles. The van der Waals surface area contributed by atoms with Gasteiger partial charge in [0.1, 0.15) is 0 Å². The van der Waals surface area contributed by atoms with Crippen molar-refractivity contribution in [3.8, 4) is 0 Å². The van der Waals surface area contributed by atoms with Crippen LogP contribution in [-0.2, 0) is 17.8 Å². The number of carbonyl (C=O) groups is 1. The summed E-state index contributed by atoms with van der Waals surface area (Å²) in [5, 5.41) is 15.8. The highest BCUT2D eigenvalue weighted by atomic mass is 16.1. The summed E-state index contributed by atoms with van der Waals surface area (Å²) in [6, 6.07) is 6.25. The van der Waals surface area contributed by atoms with Gasteiger partial charge in [0, 0.05) is 5.69 Å². The van der Waals surface area contributed by atoms with Gasteiger partial charge < -0.3 is 5.32 Å². The first-order valence-electron chi connectivity index (χ1n) is 13.1. The number of rotatable bonds is 16. The molecule has 1 aromatic heterocycles. The zero-order valence-electron chi connectivity index (χ0n) is 21.6. The van der Waals surface area contributed by atoms with E-state index in [-0.39, 0.29) is 12.3 Å². The smallest absolute Gasteiger partial charge is 0.232 e. The molecule has 0 radical (unpaired) electrons. The van der Waals surface area contributed by atoms with Gasteiger partial charge in [-0.3, -0.25) is 4.79 Å². The molecular formula is C27H45N5O. The molecule has 0 atom stereocenters. The highest BCUT2D eigenvalue weighted by Crippen LogP contribution is 2.32. The highest BCUT2D eigenvalue weighted by Gasteiger charge is 2.17. The van der Waals surface area contributed by atoms with Crippen LogP contribution >= 0.6 is 0 Å². The number of nitrogens with zero attached hydrogens (tertiary/aromatic N) is 4. The molecule has 0 bridgehead atoms. The van der Waals surface area contributed by atoms with E-state index in [1.54, 1.807) is 4.80 Å². The van der Waals surface area contributed by atoms with Crippen molar-refractivity contribution in [2.24, 2.45) is 0 Å². The Morgan fingerprint density at radius 3 is 1.97 bits per heavy atom. The number of amides is 1. The number of unbranched alkanes of at least 4 members (excludes halogenated alkanes) is 9. The Hall–Kier alpha value is -2.24. The first-order valence-corrected chi connectivity index (χ1v) is 13.1. The van der Waals surface area contributed by atoms with Crippen molar-refractivity contribution in [1.82, 2.24) is 20.2 Å². The van der Waals surface area contributed by atoms with Gasteiger partial charge >= 0.3 is 0 Å². The van der Waals surface area contributed by atoms with E-state index in [2.05, 4.69) is 73.5 Å². The van der Waals surface area contributed by atoms with Gasteiger partial charge in [-0.15, -0.1) is 10.2 Å². The third-order valence-electron chi connectivity index (χ3n) is 6.16. The van der Waals surface area contributed by atoms with Crippen LogP contribution in [-0.4, -0.2) is 26.1 Å². The van der Waals surface area contributed by atoms with E-state index in [1.807, 2.05) is 0 Å². The third-order valence-corrected chi connectivity index (χ3v) is 6.16. The van der Waals surface area contributed by atoms with Gasteiger partial charge in [0.15, 0.2) is 5.82 Å². The second-order valence-corrected chi connectivity index (χ2v) is 9.83. The van der Waals surface area contributed by atoms with Crippen molar-refractivity contribution >= 4 is 11.6 Å². The predicted octanol–water partition coefficient (Wildman–Crippen LogP) is 7.02. The maximum Gasteiger partial charge on any atom is 0.232 e. The molecular weight excluding hydrogens is 410 g/mol. The van der Waals surface area contributed by atoms with Crippen molar-refractivity contribution in [3.63, 3.8) is 0 Å². The molecule has 6 nitrogen and oxygen atoms in total. The Labute approximate surface area is 200 Å². The molecule has 0 saturated heterocycles. The molecule has 33 heavy (non-hydrogen) atoms. The Balaban J connectivity index is 1.75. The van der Waals surface area contributed by atoms with Crippen molar-refractivity contribution in [3.05, 3.63) is 35.2 Å². The summed E-state index contributed by atoms with van der Waals surface area (Å²) in [6.07, 6.45) is 13.2. The minimum Gasteiger partial charge on any atom is -0.325 e. The quantitative estimate of drug-likeness (QED) is 0.276. The van der Waals surface area contributed by atoms with Crippen LogP contribution in [0.2, 0.25) is 0 Å². The lowest BCUT2D eigenvalue weighted by Gasteiger charge is -2.20. The third kappa shape index (κ3) is 9.65. The molecule has 0 fully saturated rings. The lowest BCUT2D eigenvalue weighted by molar-refractivity contribution is -0.115. The summed E-state index contributed by atoms with van der Waals surface area (Å²) >= 11 is 0. The topological polar surface area (TPSA) is 72.7 Å². The summed E-state index contributed by atoms with van der Waals surface area (Å²) in [5.41, 5.74) is 3.25. The largest absolute Gasteiger partial charge is 0.325 e. The fourth-order valence-electron chi connectivity index (χ4n) is 4.21. The first kappa shape index (κ1) is 27.0. The number of nitrogens with one attached hydrogen (secondary N) is 1. The van der Waals surface area contributed by atoms with Crippen LogP contribution in [0.25, 0.3) is 0 Å². The fourth-order valence-corrected chi connectivity index (χ4v) is 4.21. The van der Waals surface area contributed by atoms with Crippen molar-refractivity contribution in [1.29, 1.82) is 0 Å².